The van der Waals surface area contributed by atoms with E-state index in [1.165, 1.54) is 88.7 Å². The SMILES string of the molecule is c1ccc(C2(c3ccccc3)c3ccccc3-c3ccc(N(c4ccc5c(c4)-c4ccccc4-c4ccccc4-c4ccccc4-5)c4ccc5ccccc5c4)cc32)cc1. The van der Waals surface area contributed by atoms with Crippen LogP contribution in [0.1, 0.15) is 22.3 Å². The molecule has 0 fully saturated rings. The molecular weight excluding hydrogens is 723 g/mol. The smallest absolute Gasteiger partial charge is 0.0714 e. The van der Waals surface area contributed by atoms with Crippen LogP contribution < -0.4 is 4.90 Å². The van der Waals surface area contributed by atoms with Gasteiger partial charge in [-0.05, 0) is 125 Å². The van der Waals surface area contributed by atoms with Crippen molar-refractivity contribution in [1.29, 1.82) is 0 Å². The predicted octanol–water partition coefficient (Wildman–Crippen LogP) is 15.7. The van der Waals surface area contributed by atoms with Crippen molar-refractivity contribution < 1.29 is 0 Å². The number of hydrogen-bond donors (Lipinski definition) is 0. The number of rotatable bonds is 5. The predicted molar refractivity (Wildman–Crippen MR) is 251 cm³/mol. The maximum atomic E-state index is 2.47. The third kappa shape index (κ3) is 5.13. The van der Waals surface area contributed by atoms with E-state index in [9.17, 15) is 0 Å². The van der Waals surface area contributed by atoms with Gasteiger partial charge in [0.1, 0.15) is 0 Å². The van der Waals surface area contributed by atoms with Crippen molar-refractivity contribution in [2.45, 2.75) is 5.41 Å². The second kappa shape index (κ2) is 13.7. The van der Waals surface area contributed by atoms with Crippen LogP contribution in [0.2, 0.25) is 0 Å². The minimum atomic E-state index is -0.512. The van der Waals surface area contributed by atoms with Gasteiger partial charge < -0.3 is 4.90 Å². The first-order chi connectivity index (χ1) is 29.8. The van der Waals surface area contributed by atoms with Gasteiger partial charge in [0.15, 0.2) is 0 Å². The Balaban J connectivity index is 1.14. The molecule has 0 amide bonds. The molecule has 0 saturated carbocycles. The zero-order chi connectivity index (χ0) is 39.6. The van der Waals surface area contributed by atoms with E-state index in [2.05, 4.69) is 241 Å². The fourth-order valence-electron chi connectivity index (χ4n) is 10.3. The van der Waals surface area contributed by atoms with Gasteiger partial charge in [-0.1, -0.05) is 200 Å². The third-order valence-electron chi connectivity index (χ3n) is 12.9. The van der Waals surface area contributed by atoms with Crippen LogP contribution in [0.4, 0.5) is 17.1 Å². The first-order valence-corrected chi connectivity index (χ1v) is 20.8. The Morgan fingerprint density at radius 3 is 1.20 bits per heavy atom. The van der Waals surface area contributed by atoms with Crippen molar-refractivity contribution in [3.05, 3.63) is 259 Å². The number of anilines is 3. The Morgan fingerprint density at radius 1 is 0.233 bits per heavy atom. The number of nitrogens with zero attached hydrogens (tertiary/aromatic N) is 1. The van der Waals surface area contributed by atoms with Crippen LogP contribution >= 0.6 is 0 Å². The molecule has 0 N–H and O–H groups in total. The second-order valence-corrected chi connectivity index (χ2v) is 16.0. The summed E-state index contributed by atoms with van der Waals surface area (Å²) in [6.07, 6.45) is 0. The summed E-state index contributed by atoms with van der Waals surface area (Å²) in [6, 6.07) is 87.6. The van der Waals surface area contributed by atoms with E-state index in [-0.39, 0.29) is 0 Å². The van der Waals surface area contributed by atoms with Crippen LogP contribution in [0.15, 0.2) is 237 Å². The van der Waals surface area contributed by atoms with Gasteiger partial charge in [0, 0.05) is 17.1 Å². The van der Waals surface area contributed by atoms with Crippen LogP contribution in [0.25, 0.3) is 66.4 Å². The molecule has 0 unspecified atom stereocenters. The Kier molecular flexibility index (Phi) is 7.83. The van der Waals surface area contributed by atoms with Crippen LogP contribution in [0.5, 0.6) is 0 Å². The first-order valence-electron chi connectivity index (χ1n) is 20.8. The molecule has 0 aliphatic heterocycles. The largest absolute Gasteiger partial charge is 0.310 e. The average Bonchev–Trinajstić information content (AvgIpc) is 3.62. The monoisotopic (exact) mass is 761 g/mol. The molecule has 0 spiro atoms. The molecule has 0 saturated heterocycles. The molecule has 10 aromatic rings. The highest BCUT2D eigenvalue weighted by Gasteiger charge is 2.46. The minimum absolute atomic E-state index is 0.512. The molecule has 0 heterocycles. The number of fused-ring (bicyclic) bond motifs is 12. The standard InChI is InChI=1S/C59H39N/c1-3-19-42(20-4-1)59(43-21-5-2-6-22-43)57-30-16-15-29-54(57)55-36-34-46(39-58(55)59)60(44-32-31-40-17-7-8-18-41(40)37-44)45-33-35-53-51-27-12-11-25-49(51)47-23-9-10-24-48(47)50-26-13-14-28-52(50)56(53)38-45/h1-39H. The average molecular weight is 762 g/mol. The van der Waals surface area contributed by atoms with Crippen molar-refractivity contribution in [3.63, 3.8) is 0 Å². The molecule has 0 aromatic heterocycles. The van der Waals surface area contributed by atoms with Crippen LogP contribution in [0, 0.1) is 0 Å². The summed E-state index contributed by atoms with van der Waals surface area (Å²) in [5, 5.41) is 2.43. The van der Waals surface area contributed by atoms with Gasteiger partial charge in [-0.15, -0.1) is 0 Å². The van der Waals surface area contributed by atoms with E-state index in [0.717, 1.165) is 17.1 Å². The van der Waals surface area contributed by atoms with E-state index in [1.54, 1.807) is 0 Å². The Labute approximate surface area is 351 Å². The van der Waals surface area contributed by atoms with Gasteiger partial charge in [-0.2, -0.15) is 0 Å². The maximum Gasteiger partial charge on any atom is 0.0714 e. The van der Waals surface area contributed by atoms with Gasteiger partial charge in [0.2, 0.25) is 0 Å². The Morgan fingerprint density at radius 2 is 0.617 bits per heavy atom. The molecule has 0 bridgehead atoms. The lowest BCUT2D eigenvalue weighted by Crippen LogP contribution is -2.28. The topological polar surface area (TPSA) is 3.24 Å². The highest BCUT2D eigenvalue weighted by Crippen LogP contribution is 2.58. The van der Waals surface area contributed by atoms with E-state index in [0.29, 0.717) is 0 Å². The summed E-state index contributed by atoms with van der Waals surface area (Å²) in [6.45, 7) is 0. The summed E-state index contributed by atoms with van der Waals surface area (Å²) in [4.78, 5) is 2.47. The van der Waals surface area contributed by atoms with Crippen LogP contribution in [-0.4, -0.2) is 0 Å². The molecule has 1 nitrogen and oxygen atoms in total. The number of hydrogen-bond acceptors (Lipinski definition) is 1. The highest BCUT2D eigenvalue weighted by molar-refractivity contribution is 6.04. The lowest BCUT2D eigenvalue weighted by atomic mass is 9.67. The summed E-state index contributed by atoms with van der Waals surface area (Å²) in [7, 11) is 0. The quantitative estimate of drug-likeness (QED) is 0.169. The third-order valence-corrected chi connectivity index (χ3v) is 12.9. The van der Waals surface area contributed by atoms with Gasteiger partial charge >= 0.3 is 0 Å². The summed E-state index contributed by atoms with van der Waals surface area (Å²) in [5.74, 6) is 0. The molecule has 12 rings (SSSR count). The van der Waals surface area contributed by atoms with Crippen molar-refractivity contribution in [1.82, 2.24) is 0 Å². The highest BCUT2D eigenvalue weighted by atomic mass is 15.1. The van der Waals surface area contributed by atoms with Crippen LogP contribution in [-0.2, 0) is 5.41 Å². The zero-order valence-electron chi connectivity index (χ0n) is 33.0. The Hall–Kier alpha value is -7.74. The molecule has 60 heavy (non-hydrogen) atoms. The van der Waals surface area contributed by atoms with Crippen molar-refractivity contribution in [2.75, 3.05) is 4.90 Å². The molecule has 1 heteroatoms. The Bertz CT molecular complexity index is 3220. The molecule has 10 aromatic carbocycles. The van der Waals surface area contributed by atoms with E-state index in [4.69, 9.17) is 0 Å². The van der Waals surface area contributed by atoms with E-state index < -0.39 is 5.41 Å². The minimum Gasteiger partial charge on any atom is -0.310 e. The molecule has 0 radical (unpaired) electrons. The zero-order valence-corrected chi connectivity index (χ0v) is 33.0. The van der Waals surface area contributed by atoms with Crippen molar-refractivity contribution in [2.24, 2.45) is 0 Å². The molecule has 0 atom stereocenters. The second-order valence-electron chi connectivity index (χ2n) is 16.0. The fraction of sp³-hybridized carbons (Fsp3) is 0.0169. The molecule has 2 aliphatic rings. The molecule has 280 valence electrons. The van der Waals surface area contributed by atoms with Crippen molar-refractivity contribution >= 4 is 27.8 Å². The lowest BCUT2D eigenvalue weighted by Gasteiger charge is -2.35. The summed E-state index contributed by atoms with van der Waals surface area (Å²) >= 11 is 0. The van der Waals surface area contributed by atoms with Crippen LogP contribution in [0.3, 0.4) is 0 Å². The number of benzene rings is 10. The van der Waals surface area contributed by atoms with Gasteiger partial charge in [0.25, 0.3) is 0 Å². The van der Waals surface area contributed by atoms with E-state index >= 15 is 0 Å². The van der Waals surface area contributed by atoms with Gasteiger partial charge in [-0.3, -0.25) is 0 Å². The first kappa shape index (κ1) is 34.3. The maximum absolute atomic E-state index is 2.47. The van der Waals surface area contributed by atoms with Gasteiger partial charge in [-0.25, -0.2) is 0 Å². The molecular formula is C59H39N. The normalized spacial score (nSPS) is 12.8. The summed E-state index contributed by atoms with van der Waals surface area (Å²) in [5.41, 5.74) is 20.4. The van der Waals surface area contributed by atoms with Crippen molar-refractivity contribution in [3.8, 4) is 55.6 Å². The van der Waals surface area contributed by atoms with E-state index in [1.807, 2.05) is 0 Å². The summed E-state index contributed by atoms with van der Waals surface area (Å²) < 4.78 is 0. The lowest BCUT2D eigenvalue weighted by molar-refractivity contribution is 0.768. The fourth-order valence-corrected chi connectivity index (χ4v) is 10.3. The molecule has 2 aliphatic carbocycles. The van der Waals surface area contributed by atoms with Gasteiger partial charge in [0.05, 0.1) is 5.41 Å².